The van der Waals surface area contributed by atoms with Gasteiger partial charge in [0, 0.05) is 30.6 Å². The van der Waals surface area contributed by atoms with Gasteiger partial charge in [0.15, 0.2) is 11.5 Å². The molecule has 1 unspecified atom stereocenters. The van der Waals surface area contributed by atoms with Crippen LogP contribution in [0.15, 0.2) is 85.3 Å². The van der Waals surface area contributed by atoms with E-state index < -0.39 is 36.2 Å². The van der Waals surface area contributed by atoms with E-state index >= 15 is 0 Å². The minimum absolute atomic E-state index is 0.318. The monoisotopic (exact) mass is 544 g/mol. The van der Waals surface area contributed by atoms with Crippen molar-refractivity contribution < 1.29 is 36.2 Å². The van der Waals surface area contributed by atoms with E-state index in [1.54, 1.807) is 42.9 Å². The van der Waals surface area contributed by atoms with Crippen LogP contribution in [0.2, 0.25) is 0 Å². The van der Waals surface area contributed by atoms with E-state index in [0.29, 0.717) is 23.4 Å². The van der Waals surface area contributed by atoms with Gasteiger partial charge >= 0.3 is 13.2 Å². The summed E-state index contributed by atoms with van der Waals surface area (Å²) in [6.07, 6.45) is 5.28. The van der Waals surface area contributed by atoms with Gasteiger partial charge in [-0.05, 0) is 78.9 Å². The molecule has 0 amide bonds. The standard InChI is InChI=1S/C29H25F5N2O3/c1-29(2,21-5-7-22(30)8-6-21)39-26-10-4-20(17-36-26)23(15-18-11-13-35-14-12-18)19-3-9-24(37-27(31)32)25(16-19)38-28(33)34/h3-14,16-17,23,27-28H,15H2,1-2H3. The molecule has 0 bridgehead atoms. The molecule has 4 aromatic rings. The lowest BCUT2D eigenvalue weighted by molar-refractivity contribution is -0.0692. The summed E-state index contributed by atoms with van der Waals surface area (Å²) in [6, 6.07) is 17.0. The van der Waals surface area contributed by atoms with Gasteiger partial charge in [0.25, 0.3) is 0 Å². The molecular weight excluding hydrogens is 519 g/mol. The molecule has 0 N–H and O–H groups in total. The first kappa shape index (κ1) is 27.8. The molecule has 2 aromatic carbocycles. The molecule has 1 atom stereocenters. The van der Waals surface area contributed by atoms with Gasteiger partial charge in [-0.15, -0.1) is 0 Å². The maximum Gasteiger partial charge on any atom is 0.387 e. The Morgan fingerprint density at radius 2 is 1.41 bits per heavy atom. The van der Waals surface area contributed by atoms with Crippen LogP contribution in [0.3, 0.4) is 0 Å². The normalized spacial score (nSPS) is 12.4. The van der Waals surface area contributed by atoms with Gasteiger partial charge in [-0.2, -0.15) is 17.6 Å². The summed E-state index contributed by atoms with van der Waals surface area (Å²) in [7, 11) is 0. The minimum Gasteiger partial charge on any atom is -0.467 e. The molecule has 0 saturated carbocycles. The summed E-state index contributed by atoms with van der Waals surface area (Å²) in [5.74, 6) is -1.45. The number of pyridine rings is 2. The highest BCUT2D eigenvalue weighted by molar-refractivity contribution is 5.47. The van der Waals surface area contributed by atoms with Crippen molar-refractivity contribution in [3.8, 4) is 17.4 Å². The Bertz CT molecular complexity index is 1350. The van der Waals surface area contributed by atoms with Crippen molar-refractivity contribution in [3.05, 3.63) is 113 Å². The van der Waals surface area contributed by atoms with Crippen LogP contribution in [0.5, 0.6) is 17.4 Å². The molecule has 10 heteroatoms. The van der Waals surface area contributed by atoms with Crippen molar-refractivity contribution in [3.63, 3.8) is 0 Å². The van der Waals surface area contributed by atoms with Crippen LogP contribution < -0.4 is 14.2 Å². The van der Waals surface area contributed by atoms with E-state index in [2.05, 4.69) is 19.4 Å². The first-order valence-electron chi connectivity index (χ1n) is 11.9. The van der Waals surface area contributed by atoms with Crippen molar-refractivity contribution >= 4 is 0 Å². The molecule has 0 radical (unpaired) electrons. The second kappa shape index (κ2) is 12.1. The summed E-state index contributed by atoms with van der Waals surface area (Å²) in [4.78, 5) is 8.46. The Balaban J connectivity index is 1.66. The van der Waals surface area contributed by atoms with Gasteiger partial charge in [-0.25, -0.2) is 9.37 Å². The van der Waals surface area contributed by atoms with Gasteiger partial charge in [-0.1, -0.05) is 24.3 Å². The second-order valence-electron chi connectivity index (χ2n) is 9.12. The topological polar surface area (TPSA) is 53.5 Å². The number of hydrogen-bond donors (Lipinski definition) is 0. The number of hydrogen-bond acceptors (Lipinski definition) is 5. The summed E-state index contributed by atoms with van der Waals surface area (Å²) in [5.41, 5.74) is 2.08. The predicted octanol–water partition coefficient (Wildman–Crippen LogP) is 7.51. The van der Waals surface area contributed by atoms with E-state index in [9.17, 15) is 22.0 Å². The average Bonchev–Trinajstić information content (AvgIpc) is 2.89. The van der Waals surface area contributed by atoms with Crippen LogP contribution in [0, 0.1) is 5.82 Å². The fraction of sp³-hybridized carbons (Fsp3) is 0.241. The average molecular weight is 545 g/mol. The Morgan fingerprint density at radius 3 is 2.03 bits per heavy atom. The quantitative estimate of drug-likeness (QED) is 0.183. The number of ether oxygens (including phenoxy) is 3. The molecule has 204 valence electrons. The first-order chi connectivity index (χ1) is 18.6. The number of alkyl halides is 4. The smallest absolute Gasteiger partial charge is 0.387 e. The highest BCUT2D eigenvalue weighted by Gasteiger charge is 2.25. The van der Waals surface area contributed by atoms with Gasteiger partial charge < -0.3 is 14.2 Å². The first-order valence-corrected chi connectivity index (χ1v) is 11.9. The van der Waals surface area contributed by atoms with Crippen LogP contribution in [0.1, 0.15) is 42.0 Å². The van der Waals surface area contributed by atoms with E-state index in [1.165, 1.54) is 30.3 Å². The number of benzene rings is 2. The van der Waals surface area contributed by atoms with Gasteiger partial charge in [0.2, 0.25) is 5.88 Å². The fourth-order valence-corrected chi connectivity index (χ4v) is 4.14. The molecule has 0 spiro atoms. The lowest BCUT2D eigenvalue weighted by atomic mass is 9.87. The van der Waals surface area contributed by atoms with Gasteiger partial charge in [0.05, 0.1) is 0 Å². The zero-order chi connectivity index (χ0) is 28.0. The summed E-state index contributed by atoms with van der Waals surface area (Å²) >= 11 is 0. The van der Waals surface area contributed by atoms with E-state index in [4.69, 9.17) is 4.74 Å². The highest BCUT2D eigenvalue weighted by atomic mass is 19.3. The highest BCUT2D eigenvalue weighted by Crippen LogP contribution is 2.37. The van der Waals surface area contributed by atoms with Crippen LogP contribution in [-0.4, -0.2) is 23.2 Å². The molecule has 0 saturated heterocycles. The number of rotatable bonds is 11. The third-order valence-corrected chi connectivity index (χ3v) is 6.05. The van der Waals surface area contributed by atoms with Crippen LogP contribution in [0.25, 0.3) is 0 Å². The molecular formula is C29H25F5N2O3. The minimum atomic E-state index is -3.23. The second-order valence-corrected chi connectivity index (χ2v) is 9.12. The van der Waals surface area contributed by atoms with E-state index in [0.717, 1.165) is 11.1 Å². The molecule has 2 heterocycles. The molecule has 0 fully saturated rings. The van der Waals surface area contributed by atoms with E-state index in [1.807, 2.05) is 26.0 Å². The molecule has 2 aromatic heterocycles. The third-order valence-electron chi connectivity index (χ3n) is 6.05. The van der Waals surface area contributed by atoms with Crippen LogP contribution in [0.4, 0.5) is 22.0 Å². The maximum atomic E-state index is 13.3. The predicted molar refractivity (Wildman–Crippen MR) is 134 cm³/mol. The van der Waals surface area contributed by atoms with Gasteiger partial charge in [-0.3, -0.25) is 4.98 Å². The zero-order valence-corrected chi connectivity index (χ0v) is 21.0. The van der Waals surface area contributed by atoms with Gasteiger partial charge in [0.1, 0.15) is 11.4 Å². The van der Waals surface area contributed by atoms with Crippen molar-refractivity contribution in [2.45, 2.75) is 45.0 Å². The lowest BCUT2D eigenvalue weighted by Crippen LogP contribution is -2.25. The molecule has 0 aliphatic carbocycles. The molecule has 0 aliphatic heterocycles. The largest absolute Gasteiger partial charge is 0.467 e. The SMILES string of the molecule is CC(C)(Oc1ccc(C(Cc2ccncc2)c2ccc(OC(F)F)c(OC(F)F)c2)cn1)c1ccc(F)cc1. The Hall–Kier alpha value is -4.21. The number of aromatic nitrogens is 2. The Morgan fingerprint density at radius 1 is 0.769 bits per heavy atom. The maximum absolute atomic E-state index is 13.3. The van der Waals surface area contributed by atoms with Crippen molar-refractivity contribution in [1.29, 1.82) is 0 Å². The number of halogens is 5. The third kappa shape index (κ3) is 7.43. The fourth-order valence-electron chi connectivity index (χ4n) is 4.14. The summed E-state index contributed by atoms with van der Waals surface area (Å²) < 4.78 is 80.0. The zero-order valence-electron chi connectivity index (χ0n) is 21.0. The molecule has 5 nitrogen and oxygen atoms in total. The summed E-state index contributed by atoms with van der Waals surface area (Å²) in [6.45, 7) is -2.79. The summed E-state index contributed by atoms with van der Waals surface area (Å²) in [5, 5.41) is 0. The molecule has 39 heavy (non-hydrogen) atoms. The van der Waals surface area contributed by atoms with Crippen molar-refractivity contribution in [1.82, 2.24) is 9.97 Å². The van der Waals surface area contributed by atoms with E-state index in [-0.39, 0.29) is 5.82 Å². The lowest BCUT2D eigenvalue weighted by Gasteiger charge is -2.26. The number of nitrogens with zero attached hydrogens (tertiary/aromatic N) is 2. The van der Waals surface area contributed by atoms with Crippen LogP contribution >= 0.6 is 0 Å². The van der Waals surface area contributed by atoms with Crippen LogP contribution in [-0.2, 0) is 12.0 Å². The molecule has 0 aliphatic rings. The Labute approximate surface area is 222 Å². The van der Waals surface area contributed by atoms with Crippen molar-refractivity contribution in [2.24, 2.45) is 0 Å². The van der Waals surface area contributed by atoms with Crippen molar-refractivity contribution in [2.75, 3.05) is 0 Å². The molecule has 4 rings (SSSR count). The Kier molecular flexibility index (Phi) is 8.63.